The van der Waals surface area contributed by atoms with Gasteiger partial charge in [0.1, 0.15) is 6.04 Å². The first-order chi connectivity index (χ1) is 15.7. The standard InChI is InChI=1S/C23H32N4O6/c1-14(2)19(20(29)23(32)26-17-9-11-33-12-10-17)27-21(30)15(3)25-18(28)13-24-22(31)16-7-5-4-6-8-16/h4-8,14-15,17,19H,9-13H2,1-3H3,(H,24,31)(H,25,28)(H,26,32)(H,27,30)/t15-,19-/m0/s1. The van der Waals surface area contributed by atoms with Crippen molar-refractivity contribution in [1.82, 2.24) is 21.3 Å². The van der Waals surface area contributed by atoms with Crippen LogP contribution in [0.1, 0.15) is 44.0 Å². The van der Waals surface area contributed by atoms with Crippen molar-refractivity contribution in [2.24, 2.45) is 5.92 Å². The minimum absolute atomic E-state index is 0.136. The highest BCUT2D eigenvalue weighted by Gasteiger charge is 2.32. The molecule has 180 valence electrons. The fourth-order valence-corrected chi connectivity index (χ4v) is 3.26. The van der Waals surface area contributed by atoms with Gasteiger partial charge in [0.15, 0.2) is 0 Å². The lowest BCUT2D eigenvalue weighted by Crippen LogP contribution is -2.56. The highest BCUT2D eigenvalue weighted by molar-refractivity contribution is 6.38. The SMILES string of the molecule is CC(C)[C@H](NC(=O)[C@H](C)NC(=O)CNC(=O)c1ccccc1)C(=O)C(=O)NC1CCOCC1. The van der Waals surface area contributed by atoms with Gasteiger partial charge in [0, 0.05) is 24.8 Å². The molecule has 1 aromatic carbocycles. The first kappa shape index (κ1) is 26.0. The van der Waals surface area contributed by atoms with Crippen molar-refractivity contribution in [3.8, 4) is 0 Å². The number of Topliss-reactive ketones (excluding diaryl/α,β-unsaturated/α-hetero) is 1. The van der Waals surface area contributed by atoms with Crippen molar-refractivity contribution in [3.05, 3.63) is 35.9 Å². The number of carbonyl (C=O) groups excluding carboxylic acids is 5. The largest absolute Gasteiger partial charge is 0.381 e. The molecule has 1 aromatic rings. The predicted molar refractivity (Wildman–Crippen MR) is 120 cm³/mol. The normalized spacial score (nSPS) is 15.8. The van der Waals surface area contributed by atoms with E-state index >= 15 is 0 Å². The number of benzene rings is 1. The maximum Gasteiger partial charge on any atom is 0.289 e. The van der Waals surface area contributed by atoms with E-state index in [4.69, 9.17) is 4.74 Å². The van der Waals surface area contributed by atoms with Crippen molar-refractivity contribution >= 4 is 29.4 Å². The Morgan fingerprint density at radius 3 is 2.21 bits per heavy atom. The monoisotopic (exact) mass is 460 g/mol. The summed E-state index contributed by atoms with van der Waals surface area (Å²) in [6.07, 6.45) is 1.25. The Balaban J connectivity index is 1.83. The summed E-state index contributed by atoms with van der Waals surface area (Å²) in [5, 5.41) is 10.2. The molecule has 10 heteroatoms. The second-order valence-corrected chi connectivity index (χ2v) is 8.29. The lowest BCUT2D eigenvalue weighted by atomic mass is 9.98. The van der Waals surface area contributed by atoms with E-state index < -0.39 is 41.5 Å². The van der Waals surface area contributed by atoms with Crippen molar-refractivity contribution in [1.29, 1.82) is 0 Å². The molecule has 0 aliphatic carbocycles. The molecule has 10 nitrogen and oxygen atoms in total. The maximum absolute atomic E-state index is 12.7. The number of nitrogens with one attached hydrogen (secondary N) is 4. The van der Waals surface area contributed by atoms with Crippen LogP contribution in [0.3, 0.4) is 0 Å². The van der Waals surface area contributed by atoms with Crippen LogP contribution in [-0.4, -0.2) is 67.3 Å². The van der Waals surface area contributed by atoms with Crippen molar-refractivity contribution < 1.29 is 28.7 Å². The Hall–Kier alpha value is -3.27. The number of amides is 4. The van der Waals surface area contributed by atoms with Gasteiger partial charge in [-0.05, 0) is 37.8 Å². The van der Waals surface area contributed by atoms with Crippen LogP contribution in [0, 0.1) is 5.92 Å². The molecule has 0 spiro atoms. The number of hydrogen-bond donors (Lipinski definition) is 4. The average Bonchev–Trinajstić information content (AvgIpc) is 2.81. The van der Waals surface area contributed by atoms with E-state index in [1.807, 2.05) is 0 Å². The van der Waals surface area contributed by atoms with Gasteiger partial charge in [0.25, 0.3) is 11.8 Å². The number of ether oxygens (including phenoxy) is 1. The van der Waals surface area contributed by atoms with Crippen LogP contribution in [-0.2, 0) is 23.9 Å². The molecule has 1 saturated heterocycles. The summed E-state index contributed by atoms with van der Waals surface area (Å²) in [6.45, 7) is 5.61. The van der Waals surface area contributed by atoms with Crippen molar-refractivity contribution in [2.45, 2.75) is 51.7 Å². The lowest BCUT2D eigenvalue weighted by molar-refractivity contribution is -0.141. The molecular weight excluding hydrogens is 428 g/mol. The van der Waals surface area contributed by atoms with E-state index in [1.165, 1.54) is 6.92 Å². The lowest BCUT2D eigenvalue weighted by Gasteiger charge is -2.26. The number of hydrogen-bond acceptors (Lipinski definition) is 6. The molecule has 0 unspecified atom stereocenters. The second kappa shape index (κ2) is 12.7. The molecule has 4 N–H and O–H groups in total. The fraction of sp³-hybridized carbons (Fsp3) is 0.522. The van der Waals surface area contributed by atoms with Gasteiger partial charge in [-0.3, -0.25) is 24.0 Å². The number of rotatable bonds is 10. The molecule has 0 saturated carbocycles. The highest BCUT2D eigenvalue weighted by Crippen LogP contribution is 2.08. The van der Waals surface area contributed by atoms with Gasteiger partial charge in [-0.2, -0.15) is 0 Å². The molecule has 1 aliphatic rings. The third-order valence-corrected chi connectivity index (χ3v) is 5.24. The van der Waals surface area contributed by atoms with Crippen molar-refractivity contribution in [3.63, 3.8) is 0 Å². The zero-order chi connectivity index (χ0) is 24.4. The molecule has 33 heavy (non-hydrogen) atoms. The number of carbonyl (C=O) groups is 5. The summed E-state index contributed by atoms with van der Waals surface area (Å²) < 4.78 is 5.24. The Bertz CT molecular complexity index is 852. The Morgan fingerprint density at radius 1 is 0.970 bits per heavy atom. The van der Waals surface area contributed by atoms with E-state index in [0.29, 0.717) is 31.6 Å². The van der Waals surface area contributed by atoms with Gasteiger partial charge in [0.2, 0.25) is 17.6 Å². The van der Waals surface area contributed by atoms with E-state index in [9.17, 15) is 24.0 Å². The molecule has 0 aromatic heterocycles. The van der Waals surface area contributed by atoms with Crippen LogP contribution in [0.25, 0.3) is 0 Å². The molecule has 1 fully saturated rings. The number of ketones is 1. The first-order valence-electron chi connectivity index (χ1n) is 11.0. The third-order valence-electron chi connectivity index (χ3n) is 5.24. The second-order valence-electron chi connectivity index (χ2n) is 8.29. The van der Waals surface area contributed by atoms with Gasteiger partial charge in [0.05, 0.1) is 12.6 Å². The summed E-state index contributed by atoms with van der Waals surface area (Å²) in [5.74, 6) is -3.41. The van der Waals surface area contributed by atoms with Crippen molar-refractivity contribution in [2.75, 3.05) is 19.8 Å². The first-order valence-corrected chi connectivity index (χ1v) is 11.0. The summed E-state index contributed by atoms with van der Waals surface area (Å²) in [7, 11) is 0. The molecule has 2 atom stereocenters. The highest BCUT2D eigenvalue weighted by atomic mass is 16.5. The van der Waals surface area contributed by atoms with Gasteiger partial charge in [-0.15, -0.1) is 0 Å². The zero-order valence-corrected chi connectivity index (χ0v) is 19.2. The van der Waals surface area contributed by atoms with Gasteiger partial charge in [-0.25, -0.2) is 0 Å². The van der Waals surface area contributed by atoms with Crippen LogP contribution in [0.5, 0.6) is 0 Å². The molecule has 0 radical (unpaired) electrons. The summed E-state index contributed by atoms with van der Waals surface area (Å²) in [5.41, 5.74) is 0.411. The van der Waals surface area contributed by atoms with Crippen LogP contribution in [0.2, 0.25) is 0 Å². The molecule has 1 aliphatic heterocycles. The molecule has 2 rings (SSSR count). The van der Waals surface area contributed by atoms with E-state index in [-0.39, 0.29) is 18.5 Å². The van der Waals surface area contributed by atoms with Gasteiger partial charge in [-0.1, -0.05) is 32.0 Å². The van der Waals surface area contributed by atoms with Crippen LogP contribution in [0.4, 0.5) is 0 Å². The van der Waals surface area contributed by atoms with Crippen LogP contribution < -0.4 is 21.3 Å². The van der Waals surface area contributed by atoms with Crippen LogP contribution in [0.15, 0.2) is 30.3 Å². The van der Waals surface area contributed by atoms with Gasteiger partial charge >= 0.3 is 0 Å². The molecule has 4 amide bonds. The minimum Gasteiger partial charge on any atom is -0.381 e. The maximum atomic E-state index is 12.7. The predicted octanol–water partition coefficient (Wildman–Crippen LogP) is -0.0738. The Labute approximate surface area is 193 Å². The molecule has 1 heterocycles. The molecule has 0 bridgehead atoms. The van der Waals surface area contributed by atoms with E-state index in [1.54, 1.807) is 44.2 Å². The average molecular weight is 461 g/mol. The Kier molecular flexibility index (Phi) is 9.99. The van der Waals surface area contributed by atoms with Gasteiger partial charge < -0.3 is 26.0 Å². The Morgan fingerprint density at radius 2 is 1.61 bits per heavy atom. The minimum atomic E-state index is -1.03. The van der Waals surface area contributed by atoms with E-state index in [0.717, 1.165) is 0 Å². The zero-order valence-electron chi connectivity index (χ0n) is 19.2. The third kappa shape index (κ3) is 8.30. The summed E-state index contributed by atoms with van der Waals surface area (Å²) >= 11 is 0. The fourth-order valence-electron chi connectivity index (χ4n) is 3.26. The van der Waals surface area contributed by atoms with Crippen LogP contribution >= 0.6 is 0 Å². The van der Waals surface area contributed by atoms with E-state index in [2.05, 4.69) is 21.3 Å². The quantitative estimate of drug-likeness (QED) is 0.360. The topological polar surface area (TPSA) is 143 Å². The molecular formula is C23H32N4O6. The summed E-state index contributed by atoms with van der Waals surface area (Å²) in [6, 6.07) is 6.27. The summed E-state index contributed by atoms with van der Waals surface area (Å²) in [4.78, 5) is 61.8. The smallest absolute Gasteiger partial charge is 0.289 e.